The molecule has 2 heterocycles. The maximum atomic E-state index is 13.6. The predicted octanol–water partition coefficient (Wildman–Crippen LogP) is 8.11. The van der Waals surface area contributed by atoms with Crippen molar-refractivity contribution in [3.8, 4) is 22.5 Å². The van der Waals surface area contributed by atoms with E-state index < -0.39 is 35.3 Å². The third-order valence-electron chi connectivity index (χ3n) is 7.25. The fourth-order valence-corrected chi connectivity index (χ4v) is 5.69. The van der Waals surface area contributed by atoms with E-state index in [2.05, 4.69) is 15.6 Å². The van der Waals surface area contributed by atoms with E-state index in [1.54, 1.807) is 91.8 Å². The second kappa shape index (κ2) is 16.0. The number of ether oxygens (including phenoxy) is 2. The maximum Gasteiger partial charge on any atom is 0.425 e. The van der Waals surface area contributed by atoms with E-state index in [9.17, 15) is 19.2 Å². The molecule has 0 aliphatic rings. The lowest BCUT2D eigenvalue weighted by Crippen LogP contribution is -2.45. The lowest BCUT2D eigenvalue weighted by Gasteiger charge is -2.29. The van der Waals surface area contributed by atoms with Crippen molar-refractivity contribution < 1.29 is 33.2 Å². The second-order valence-electron chi connectivity index (χ2n) is 14.9. The number of halogens is 2. The molecule has 0 aliphatic carbocycles. The number of aromatic nitrogens is 3. The molecule has 0 aliphatic heterocycles. The average Bonchev–Trinajstić information content (AvgIpc) is 3.62. The first-order valence-electron chi connectivity index (χ1n) is 16.7. The zero-order chi connectivity index (χ0) is 39.6. The number of anilines is 2. The van der Waals surface area contributed by atoms with Gasteiger partial charge in [0.2, 0.25) is 11.8 Å². The smallest absolute Gasteiger partial charge is 0.425 e. The summed E-state index contributed by atoms with van der Waals surface area (Å²) < 4.78 is 17.8. The van der Waals surface area contributed by atoms with Gasteiger partial charge in [-0.2, -0.15) is 10.00 Å². The minimum Gasteiger partial charge on any atom is -0.443 e. The van der Waals surface area contributed by atoms with Crippen LogP contribution in [-0.2, 0) is 27.2 Å². The van der Waals surface area contributed by atoms with Crippen molar-refractivity contribution in [2.24, 2.45) is 5.73 Å². The first kappa shape index (κ1) is 40.8. The lowest BCUT2D eigenvalue weighted by atomic mass is 10.0. The average molecular weight is 771 g/mol. The number of primary amides is 1. The molecule has 2 aromatic carbocycles. The normalized spacial score (nSPS) is 11.9. The van der Waals surface area contributed by atoms with Crippen LogP contribution in [0, 0.1) is 0 Å². The van der Waals surface area contributed by atoms with Crippen molar-refractivity contribution in [3.63, 3.8) is 0 Å². The molecule has 0 unspecified atom stereocenters. The summed E-state index contributed by atoms with van der Waals surface area (Å²) >= 11 is 12.8. The minimum atomic E-state index is -1.08. The number of nitrogens with zero attached hydrogens (tertiary/aromatic N) is 5. The maximum absolute atomic E-state index is 13.6. The summed E-state index contributed by atoms with van der Waals surface area (Å²) in [5.74, 6) is -1.40. The molecule has 2 aromatic heterocycles. The predicted molar refractivity (Wildman–Crippen MR) is 203 cm³/mol. The number of nitrogens with one attached hydrogen (secondary N) is 1. The monoisotopic (exact) mass is 769 g/mol. The van der Waals surface area contributed by atoms with E-state index in [-0.39, 0.29) is 35.3 Å². The summed E-state index contributed by atoms with van der Waals surface area (Å²) in [7, 11) is 3.85. The Labute approximate surface area is 318 Å². The molecule has 14 nitrogen and oxygen atoms in total. The van der Waals surface area contributed by atoms with Crippen LogP contribution >= 0.6 is 23.2 Å². The number of carbonyl (C=O) groups excluding carboxylic acids is 4. The number of hydrogen-bond acceptors (Lipinski definition) is 10. The highest BCUT2D eigenvalue weighted by Crippen LogP contribution is 2.36. The number of carbonyl (C=O) groups is 4. The van der Waals surface area contributed by atoms with Crippen LogP contribution in [0.2, 0.25) is 10.0 Å². The van der Waals surface area contributed by atoms with Crippen molar-refractivity contribution in [2.75, 3.05) is 24.3 Å². The van der Waals surface area contributed by atoms with E-state index in [0.29, 0.717) is 43.9 Å². The van der Waals surface area contributed by atoms with Gasteiger partial charge in [-0.3, -0.25) is 14.9 Å². The van der Waals surface area contributed by atoms with Crippen LogP contribution in [0.25, 0.3) is 22.5 Å². The van der Waals surface area contributed by atoms with Crippen LogP contribution in [0.5, 0.6) is 0 Å². The molecule has 53 heavy (non-hydrogen) atoms. The van der Waals surface area contributed by atoms with Gasteiger partial charge in [-0.05, 0) is 92.7 Å². The zero-order valence-corrected chi connectivity index (χ0v) is 33.0. The quantitative estimate of drug-likeness (QED) is 0.160. The van der Waals surface area contributed by atoms with Crippen molar-refractivity contribution in [1.82, 2.24) is 19.8 Å². The highest BCUT2D eigenvalue weighted by molar-refractivity contribution is 6.36. The molecule has 0 fully saturated rings. The molecule has 0 saturated heterocycles. The summed E-state index contributed by atoms with van der Waals surface area (Å²) in [6.07, 6.45) is -2.19. The number of amides is 4. The van der Waals surface area contributed by atoms with Gasteiger partial charge in [-0.1, -0.05) is 52.6 Å². The second-order valence-corrected chi connectivity index (χ2v) is 15.7. The lowest BCUT2D eigenvalue weighted by molar-refractivity contribution is -0.115. The number of hydrogen-bond donors (Lipinski definition) is 2. The Balaban J connectivity index is 1.62. The van der Waals surface area contributed by atoms with E-state index in [1.165, 1.54) is 4.68 Å². The molecule has 0 radical (unpaired) electrons. The topological polar surface area (TPSA) is 175 Å². The van der Waals surface area contributed by atoms with Crippen LogP contribution < -0.4 is 16.0 Å². The highest BCUT2D eigenvalue weighted by Gasteiger charge is 2.40. The largest absolute Gasteiger partial charge is 0.443 e. The molecule has 16 heteroatoms. The molecule has 284 valence electrons. The van der Waals surface area contributed by atoms with Gasteiger partial charge in [0.15, 0.2) is 5.82 Å². The number of rotatable bonds is 10. The first-order chi connectivity index (χ1) is 24.5. The van der Waals surface area contributed by atoms with Crippen molar-refractivity contribution in [3.05, 3.63) is 69.2 Å². The van der Waals surface area contributed by atoms with Gasteiger partial charge in [0.1, 0.15) is 28.2 Å². The summed E-state index contributed by atoms with van der Waals surface area (Å²) in [5.41, 5.74) is 6.77. The molecule has 0 bridgehead atoms. The fourth-order valence-electron chi connectivity index (χ4n) is 5.15. The Morgan fingerprint density at radius 2 is 1.51 bits per heavy atom. The van der Waals surface area contributed by atoms with Gasteiger partial charge < -0.3 is 24.6 Å². The van der Waals surface area contributed by atoms with E-state index >= 15 is 0 Å². The SMILES string of the molecule is CC(C)n1nc(-c2ccc(CC(=O)Nc3cc(-c4cc(CN(C)C)c(Cl)cc4Cl)no3)cc2)c(C(N)=O)c1N(C(=O)OC(C)(C)C)C(=O)OC(C)(C)C. The molecular formula is C37H45Cl2N7O7. The van der Waals surface area contributed by atoms with Crippen molar-refractivity contribution >= 4 is 58.9 Å². The summed E-state index contributed by atoms with van der Waals surface area (Å²) in [4.78, 5) is 55.8. The Bertz CT molecular complexity index is 1980. The van der Waals surface area contributed by atoms with E-state index in [4.69, 9.17) is 42.9 Å². The highest BCUT2D eigenvalue weighted by atomic mass is 35.5. The zero-order valence-electron chi connectivity index (χ0n) is 31.5. The van der Waals surface area contributed by atoms with Crippen molar-refractivity contribution in [1.29, 1.82) is 0 Å². The third kappa shape index (κ3) is 10.4. The summed E-state index contributed by atoms with van der Waals surface area (Å²) in [6.45, 7) is 14.0. The molecule has 0 spiro atoms. The molecular weight excluding hydrogens is 725 g/mol. The standard InChI is InChI=1S/C37H45Cl2N7O7/c1-20(2)46-33(45(34(49)51-36(3,4)5)35(50)52-37(6,7)8)30(32(40)48)31(42-46)22-13-11-21(12-14-22)15-28(47)41-29-18-27(43-53-29)24-16-23(19-44(9)10)25(38)17-26(24)39/h11-14,16-18,20H,15,19H2,1-10H3,(H2,40,48)(H,41,47). The molecule has 3 N–H and O–H groups in total. The summed E-state index contributed by atoms with van der Waals surface area (Å²) in [6, 6.07) is 11.3. The van der Waals surface area contributed by atoms with Gasteiger partial charge in [0, 0.05) is 34.8 Å². The van der Waals surface area contributed by atoms with Crippen LogP contribution in [0.1, 0.15) is 82.9 Å². The summed E-state index contributed by atoms with van der Waals surface area (Å²) in [5, 5.41) is 12.3. The Kier molecular flexibility index (Phi) is 12.3. The first-order valence-corrected chi connectivity index (χ1v) is 17.5. The molecule has 4 aromatic rings. The Morgan fingerprint density at radius 1 is 0.925 bits per heavy atom. The van der Waals surface area contributed by atoms with Crippen molar-refractivity contribution in [2.45, 2.75) is 85.6 Å². The van der Waals surface area contributed by atoms with E-state index in [1.807, 2.05) is 25.1 Å². The van der Waals surface area contributed by atoms with Gasteiger partial charge in [0.05, 0.1) is 11.4 Å². The van der Waals surface area contributed by atoms with Gasteiger partial charge in [-0.15, -0.1) is 0 Å². The number of nitrogens with two attached hydrogens (primary N) is 1. The van der Waals surface area contributed by atoms with Crippen LogP contribution in [-0.4, -0.2) is 69.1 Å². The fraction of sp³-hybridized carbons (Fsp3) is 0.405. The van der Waals surface area contributed by atoms with Crippen LogP contribution in [0.15, 0.2) is 47.0 Å². The number of benzene rings is 2. The third-order valence-corrected chi connectivity index (χ3v) is 7.91. The molecule has 4 amide bonds. The number of imide groups is 1. The Morgan fingerprint density at radius 3 is 2.02 bits per heavy atom. The van der Waals surface area contributed by atoms with Gasteiger partial charge >= 0.3 is 12.2 Å². The van der Waals surface area contributed by atoms with E-state index in [0.717, 1.165) is 5.56 Å². The molecule has 0 atom stereocenters. The van der Waals surface area contributed by atoms with Gasteiger partial charge in [-0.25, -0.2) is 14.3 Å². The Hall–Kier alpha value is -4.92. The minimum absolute atomic E-state index is 0.0373. The van der Waals surface area contributed by atoms with Gasteiger partial charge in [0.25, 0.3) is 5.91 Å². The molecule has 0 saturated carbocycles. The molecule has 4 rings (SSSR count). The van der Waals surface area contributed by atoms with Crippen LogP contribution in [0.3, 0.4) is 0 Å². The van der Waals surface area contributed by atoms with Crippen LogP contribution in [0.4, 0.5) is 21.3 Å².